The number of rotatable bonds is 4. The second-order valence-electron chi connectivity index (χ2n) is 4.68. The van der Waals surface area contributed by atoms with E-state index in [2.05, 4.69) is 0 Å². The van der Waals surface area contributed by atoms with E-state index in [1.165, 1.54) is 24.3 Å². The molecule has 0 heterocycles. The molecule has 1 atom stereocenters. The third-order valence-corrected chi connectivity index (χ3v) is 3.03. The molecule has 21 heavy (non-hydrogen) atoms. The fraction of sp³-hybridized carbons (Fsp3) is 0.188. The standard InChI is InChI=1S/C16H14F2N2O/c1-10(20)14-5-4-13(17)7-16(14)21-9-12-3-2-11(8-19)6-15(12)18/h2-7,10H,9,20H2,1H3. The molecule has 2 aromatic rings. The molecule has 1 unspecified atom stereocenters. The number of hydrogen-bond acceptors (Lipinski definition) is 3. The summed E-state index contributed by atoms with van der Waals surface area (Å²) in [6, 6.07) is 9.70. The lowest BCUT2D eigenvalue weighted by Gasteiger charge is -2.14. The average molecular weight is 288 g/mol. The third kappa shape index (κ3) is 3.56. The maximum absolute atomic E-state index is 13.7. The predicted molar refractivity (Wildman–Crippen MR) is 74.4 cm³/mol. The Labute approximate surface area is 121 Å². The van der Waals surface area contributed by atoms with Crippen LogP contribution in [0.25, 0.3) is 0 Å². The van der Waals surface area contributed by atoms with E-state index in [4.69, 9.17) is 15.7 Å². The van der Waals surface area contributed by atoms with Crippen LogP contribution in [0, 0.1) is 23.0 Å². The van der Waals surface area contributed by atoms with E-state index < -0.39 is 11.6 Å². The fourth-order valence-corrected chi connectivity index (χ4v) is 1.90. The average Bonchev–Trinajstić information content (AvgIpc) is 2.45. The molecule has 0 aliphatic rings. The van der Waals surface area contributed by atoms with Gasteiger partial charge in [0, 0.05) is 23.2 Å². The maximum atomic E-state index is 13.7. The van der Waals surface area contributed by atoms with Gasteiger partial charge < -0.3 is 10.5 Å². The molecule has 0 amide bonds. The minimum absolute atomic E-state index is 0.0687. The van der Waals surface area contributed by atoms with E-state index >= 15 is 0 Å². The van der Waals surface area contributed by atoms with Crippen molar-refractivity contribution in [2.45, 2.75) is 19.6 Å². The molecule has 108 valence electrons. The van der Waals surface area contributed by atoms with Gasteiger partial charge in [-0.15, -0.1) is 0 Å². The molecule has 3 nitrogen and oxygen atoms in total. The smallest absolute Gasteiger partial charge is 0.131 e. The SMILES string of the molecule is CC(N)c1ccc(F)cc1OCc1ccc(C#N)cc1F. The molecule has 0 saturated carbocycles. The topological polar surface area (TPSA) is 59.0 Å². The lowest BCUT2D eigenvalue weighted by Crippen LogP contribution is -2.09. The van der Waals surface area contributed by atoms with Gasteiger partial charge >= 0.3 is 0 Å². The second kappa shape index (κ2) is 6.33. The molecule has 0 aliphatic carbocycles. The molecular weight excluding hydrogens is 274 g/mol. The number of hydrogen-bond donors (Lipinski definition) is 1. The maximum Gasteiger partial charge on any atom is 0.131 e. The Hall–Kier alpha value is -2.45. The first-order chi connectivity index (χ1) is 10.0. The van der Waals surface area contributed by atoms with Crippen LogP contribution in [0.3, 0.4) is 0 Å². The van der Waals surface area contributed by atoms with Crippen LogP contribution in [0.5, 0.6) is 5.75 Å². The summed E-state index contributed by atoms with van der Waals surface area (Å²) in [5.74, 6) is -0.698. The van der Waals surface area contributed by atoms with Gasteiger partial charge in [0.15, 0.2) is 0 Å². The van der Waals surface area contributed by atoms with Crippen LogP contribution in [-0.4, -0.2) is 0 Å². The van der Waals surface area contributed by atoms with Gasteiger partial charge in [-0.1, -0.05) is 12.1 Å². The molecule has 0 radical (unpaired) electrons. The van der Waals surface area contributed by atoms with Gasteiger partial charge in [0.1, 0.15) is 24.0 Å². The normalized spacial score (nSPS) is 11.8. The van der Waals surface area contributed by atoms with Crippen molar-refractivity contribution in [3.63, 3.8) is 0 Å². The van der Waals surface area contributed by atoms with Crippen molar-refractivity contribution in [1.82, 2.24) is 0 Å². The second-order valence-corrected chi connectivity index (χ2v) is 4.68. The van der Waals surface area contributed by atoms with Crippen LogP contribution in [0.15, 0.2) is 36.4 Å². The van der Waals surface area contributed by atoms with Crippen LogP contribution >= 0.6 is 0 Å². The first-order valence-corrected chi connectivity index (χ1v) is 6.37. The monoisotopic (exact) mass is 288 g/mol. The van der Waals surface area contributed by atoms with E-state index in [0.717, 1.165) is 6.07 Å². The Balaban J connectivity index is 2.20. The Morgan fingerprint density at radius 1 is 1.24 bits per heavy atom. The van der Waals surface area contributed by atoms with Crippen molar-refractivity contribution >= 4 is 0 Å². The van der Waals surface area contributed by atoms with E-state index in [9.17, 15) is 8.78 Å². The highest BCUT2D eigenvalue weighted by Gasteiger charge is 2.11. The van der Waals surface area contributed by atoms with Crippen molar-refractivity contribution in [3.05, 3.63) is 64.7 Å². The summed E-state index contributed by atoms with van der Waals surface area (Å²) in [7, 11) is 0. The number of benzene rings is 2. The van der Waals surface area contributed by atoms with Crippen LogP contribution in [-0.2, 0) is 6.61 Å². The fourth-order valence-electron chi connectivity index (χ4n) is 1.90. The number of halogens is 2. The lowest BCUT2D eigenvalue weighted by atomic mass is 10.1. The number of nitriles is 1. The van der Waals surface area contributed by atoms with Gasteiger partial charge in [-0.05, 0) is 25.1 Å². The van der Waals surface area contributed by atoms with Crippen LogP contribution in [0.2, 0.25) is 0 Å². The van der Waals surface area contributed by atoms with Crippen LogP contribution < -0.4 is 10.5 Å². The molecule has 2 rings (SSSR count). The molecule has 0 fully saturated rings. The summed E-state index contributed by atoms with van der Waals surface area (Å²) in [4.78, 5) is 0. The van der Waals surface area contributed by atoms with Gasteiger partial charge in [-0.3, -0.25) is 0 Å². The van der Waals surface area contributed by atoms with Crippen molar-refractivity contribution in [1.29, 1.82) is 5.26 Å². The van der Waals surface area contributed by atoms with Gasteiger partial charge in [0.25, 0.3) is 0 Å². The molecule has 2 aromatic carbocycles. The van der Waals surface area contributed by atoms with Crippen molar-refractivity contribution < 1.29 is 13.5 Å². The van der Waals surface area contributed by atoms with Crippen LogP contribution in [0.4, 0.5) is 8.78 Å². The Morgan fingerprint density at radius 2 is 2.00 bits per heavy atom. The summed E-state index contributed by atoms with van der Waals surface area (Å²) in [6.07, 6.45) is 0. The van der Waals surface area contributed by atoms with Gasteiger partial charge in [0.05, 0.1) is 11.6 Å². The quantitative estimate of drug-likeness (QED) is 0.937. The molecule has 0 bridgehead atoms. The zero-order valence-electron chi connectivity index (χ0n) is 11.4. The molecule has 0 saturated heterocycles. The summed E-state index contributed by atoms with van der Waals surface area (Å²) in [6.45, 7) is 1.68. The van der Waals surface area contributed by atoms with Gasteiger partial charge in [-0.2, -0.15) is 5.26 Å². The zero-order valence-corrected chi connectivity index (χ0v) is 11.4. The minimum atomic E-state index is -0.534. The zero-order chi connectivity index (χ0) is 15.4. The van der Waals surface area contributed by atoms with Crippen molar-refractivity contribution in [2.24, 2.45) is 5.73 Å². The molecular formula is C16H14F2N2O. The highest BCUT2D eigenvalue weighted by molar-refractivity contribution is 5.37. The Morgan fingerprint density at radius 3 is 2.62 bits per heavy atom. The Kier molecular flexibility index (Phi) is 4.51. The predicted octanol–water partition coefficient (Wildman–Crippen LogP) is 3.44. The van der Waals surface area contributed by atoms with E-state index in [1.54, 1.807) is 13.0 Å². The first kappa shape index (κ1) is 14.9. The largest absolute Gasteiger partial charge is 0.488 e. The Bertz CT molecular complexity index is 693. The summed E-state index contributed by atoms with van der Waals surface area (Å²) in [5.41, 5.74) is 6.95. The van der Waals surface area contributed by atoms with Crippen molar-refractivity contribution in [3.8, 4) is 11.8 Å². The molecule has 0 spiro atoms. The molecule has 2 N–H and O–H groups in total. The highest BCUT2D eigenvalue weighted by Crippen LogP contribution is 2.26. The van der Waals surface area contributed by atoms with E-state index in [1.807, 2.05) is 6.07 Å². The van der Waals surface area contributed by atoms with E-state index in [-0.39, 0.29) is 29.5 Å². The summed E-state index contributed by atoms with van der Waals surface area (Å²) in [5, 5.41) is 8.69. The number of nitrogens with two attached hydrogens (primary N) is 1. The number of nitrogens with zero attached hydrogens (tertiary/aromatic N) is 1. The van der Waals surface area contributed by atoms with E-state index in [0.29, 0.717) is 5.56 Å². The minimum Gasteiger partial charge on any atom is -0.488 e. The first-order valence-electron chi connectivity index (χ1n) is 6.37. The van der Waals surface area contributed by atoms with Crippen molar-refractivity contribution in [2.75, 3.05) is 0 Å². The number of ether oxygens (including phenoxy) is 1. The molecule has 5 heteroatoms. The molecule has 0 aromatic heterocycles. The van der Waals surface area contributed by atoms with Crippen LogP contribution in [0.1, 0.15) is 29.7 Å². The highest BCUT2D eigenvalue weighted by atomic mass is 19.1. The third-order valence-electron chi connectivity index (χ3n) is 3.03. The lowest BCUT2D eigenvalue weighted by molar-refractivity contribution is 0.294. The summed E-state index contributed by atoms with van der Waals surface area (Å²) < 4.78 is 32.5. The van der Waals surface area contributed by atoms with Gasteiger partial charge in [-0.25, -0.2) is 8.78 Å². The summed E-state index contributed by atoms with van der Waals surface area (Å²) >= 11 is 0. The molecule has 0 aliphatic heterocycles. The van der Waals surface area contributed by atoms with Gasteiger partial charge in [0.2, 0.25) is 0 Å².